The first-order valence-electron chi connectivity index (χ1n) is 6.95. The highest BCUT2D eigenvalue weighted by atomic mass is 32.2. The van der Waals surface area contributed by atoms with Gasteiger partial charge in [-0.25, -0.2) is 8.42 Å². The first-order valence-corrected chi connectivity index (χ1v) is 8.39. The lowest BCUT2D eigenvalue weighted by Gasteiger charge is -2.24. The summed E-state index contributed by atoms with van der Waals surface area (Å²) in [6.45, 7) is 2.29. The van der Waals surface area contributed by atoms with Gasteiger partial charge in [-0.15, -0.1) is 0 Å². The number of sulfonamides is 1. The molecule has 22 heavy (non-hydrogen) atoms. The lowest BCUT2D eigenvalue weighted by atomic mass is 10.3. The second-order valence-electron chi connectivity index (χ2n) is 4.77. The standard InChI is InChI=1S/C16H19NO4S/c1-3-12-17(13-4-8-15(21-2)9-5-13)22(19,20)16-10-6-14(18)7-11-16/h4-11,18H,3,12H2,1-2H3. The van der Waals surface area contributed by atoms with Gasteiger partial charge < -0.3 is 9.84 Å². The second-order valence-corrected chi connectivity index (χ2v) is 6.63. The van der Waals surface area contributed by atoms with Gasteiger partial charge in [0.05, 0.1) is 17.7 Å². The first-order chi connectivity index (χ1) is 10.5. The number of benzene rings is 2. The van der Waals surface area contributed by atoms with E-state index in [1.807, 2.05) is 6.92 Å². The number of hydrogen-bond donors (Lipinski definition) is 1. The SMILES string of the molecule is CCCN(c1ccc(OC)cc1)S(=O)(=O)c1ccc(O)cc1. The summed E-state index contributed by atoms with van der Waals surface area (Å²) in [5.74, 6) is 0.702. The Morgan fingerprint density at radius 2 is 1.64 bits per heavy atom. The lowest BCUT2D eigenvalue weighted by Crippen LogP contribution is -2.31. The Kier molecular flexibility index (Phi) is 4.92. The summed E-state index contributed by atoms with van der Waals surface area (Å²) in [7, 11) is -2.11. The molecule has 0 radical (unpaired) electrons. The fourth-order valence-electron chi connectivity index (χ4n) is 2.08. The van der Waals surface area contributed by atoms with Gasteiger partial charge in [-0.05, 0) is 55.0 Å². The van der Waals surface area contributed by atoms with Crippen LogP contribution in [0.25, 0.3) is 0 Å². The maximum absolute atomic E-state index is 12.8. The molecule has 2 aromatic carbocycles. The molecule has 0 spiro atoms. The molecule has 0 fully saturated rings. The third-order valence-corrected chi connectivity index (χ3v) is 5.05. The molecule has 1 N–H and O–H groups in total. The maximum atomic E-state index is 12.8. The summed E-state index contributed by atoms with van der Waals surface area (Å²) in [4.78, 5) is 0.148. The van der Waals surface area contributed by atoms with E-state index in [0.717, 1.165) is 0 Å². The van der Waals surface area contributed by atoms with Gasteiger partial charge in [0.2, 0.25) is 0 Å². The monoisotopic (exact) mass is 321 g/mol. The van der Waals surface area contributed by atoms with E-state index >= 15 is 0 Å². The van der Waals surface area contributed by atoms with Crippen molar-refractivity contribution in [3.8, 4) is 11.5 Å². The molecule has 0 aromatic heterocycles. The van der Waals surface area contributed by atoms with Crippen LogP contribution in [0.1, 0.15) is 13.3 Å². The van der Waals surface area contributed by atoms with Gasteiger partial charge in [0.25, 0.3) is 10.0 Å². The van der Waals surface area contributed by atoms with E-state index < -0.39 is 10.0 Å². The number of aromatic hydroxyl groups is 1. The van der Waals surface area contributed by atoms with Gasteiger partial charge in [-0.1, -0.05) is 6.92 Å². The summed E-state index contributed by atoms with van der Waals surface area (Å²) >= 11 is 0. The number of ether oxygens (including phenoxy) is 1. The van der Waals surface area contributed by atoms with Gasteiger partial charge in [-0.3, -0.25) is 4.31 Å². The van der Waals surface area contributed by atoms with Gasteiger partial charge in [0.1, 0.15) is 11.5 Å². The van der Waals surface area contributed by atoms with Crippen molar-refractivity contribution in [2.45, 2.75) is 18.2 Å². The average molecular weight is 321 g/mol. The number of phenols is 1. The Morgan fingerprint density at radius 1 is 1.05 bits per heavy atom. The molecule has 6 heteroatoms. The molecule has 0 unspecified atom stereocenters. The molecule has 0 aliphatic heterocycles. The molecule has 0 heterocycles. The summed E-state index contributed by atoms with van der Waals surface area (Å²) in [5.41, 5.74) is 0.579. The van der Waals surface area contributed by atoms with Crippen LogP contribution in [0.3, 0.4) is 0 Å². The van der Waals surface area contributed by atoms with E-state index in [9.17, 15) is 13.5 Å². The highest BCUT2D eigenvalue weighted by molar-refractivity contribution is 7.92. The van der Waals surface area contributed by atoms with Crippen LogP contribution in [0.4, 0.5) is 5.69 Å². The van der Waals surface area contributed by atoms with Crippen LogP contribution >= 0.6 is 0 Å². The number of phenolic OH excluding ortho intramolecular Hbond substituents is 1. The van der Waals surface area contributed by atoms with Gasteiger partial charge in [0, 0.05) is 6.54 Å². The van der Waals surface area contributed by atoms with Crippen LogP contribution in [0.2, 0.25) is 0 Å². The van der Waals surface area contributed by atoms with E-state index in [1.54, 1.807) is 31.4 Å². The van der Waals surface area contributed by atoms with Crippen molar-refractivity contribution in [2.24, 2.45) is 0 Å². The molecule has 0 amide bonds. The average Bonchev–Trinajstić information content (AvgIpc) is 2.53. The molecule has 0 aliphatic carbocycles. The van der Waals surface area contributed by atoms with Gasteiger partial charge in [-0.2, -0.15) is 0 Å². The van der Waals surface area contributed by atoms with E-state index in [1.165, 1.54) is 28.6 Å². The minimum absolute atomic E-state index is 0.0328. The number of hydrogen-bond acceptors (Lipinski definition) is 4. The van der Waals surface area contributed by atoms with Crippen LogP contribution < -0.4 is 9.04 Å². The van der Waals surface area contributed by atoms with E-state index in [0.29, 0.717) is 24.4 Å². The third-order valence-electron chi connectivity index (χ3n) is 3.21. The molecule has 5 nitrogen and oxygen atoms in total. The second kappa shape index (κ2) is 6.70. The quantitative estimate of drug-likeness (QED) is 0.888. The molecular weight excluding hydrogens is 302 g/mol. The van der Waals surface area contributed by atoms with E-state index in [2.05, 4.69) is 0 Å². The molecule has 0 saturated carbocycles. The minimum atomic E-state index is -3.67. The molecule has 0 saturated heterocycles. The predicted molar refractivity (Wildman–Crippen MR) is 85.9 cm³/mol. The van der Waals surface area contributed by atoms with Crippen molar-refractivity contribution in [2.75, 3.05) is 18.0 Å². The summed E-state index contributed by atoms with van der Waals surface area (Å²) < 4.78 is 32.1. The Morgan fingerprint density at radius 3 is 2.14 bits per heavy atom. The Hall–Kier alpha value is -2.21. The van der Waals surface area contributed by atoms with Crippen LogP contribution in [0, 0.1) is 0 Å². The zero-order valence-electron chi connectivity index (χ0n) is 12.6. The lowest BCUT2D eigenvalue weighted by molar-refractivity contribution is 0.415. The zero-order valence-corrected chi connectivity index (χ0v) is 13.4. The maximum Gasteiger partial charge on any atom is 0.264 e. The fraction of sp³-hybridized carbons (Fsp3) is 0.250. The summed E-state index contributed by atoms with van der Waals surface area (Å²) in [6.07, 6.45) is 0.684. The number of rotatable bonds is 6. The predicted octanol–water partition coefficient (Wildman–Crippen LogP) is 3.01. The highest BCUT2D eigenvalue weighted by Crippen LogP contribution is 2.26. The molecule has 0 bridgehead atoms. The largest absolute Gasteiger partial charge is 0.508 e. The summed E-state index contributed by atoms with van der Waals surface area (Å²) in [6, 6.07) is 12.4. The number of anilines is 1. The fourth-order valence-corrected chi connectivity index (χ4v) is 3.64. The smallest absolute Gasteiger partial charge is 0.264 e. The van der Waals surface area contributed by atoms with Gasteiger partial charge in [0.15, 0.2) is 0 Å². The van der Waals surface area contributed by atoms with Crippen molar-refractivity contribution < 1.29 is 18.3 Å². The molecule has 2 aromatic rings. The van der Waals surface area contributed by atoms with Crippen molar-refractivity contribution in [3.63, 3.8) is 0 Å². The van der Waals surface area contributed by atoms with Crippen molar-refractivity contribution in [3.05, 3.63) is 48.5 Å². The first kappa shape index (κ1) is 16.2. The van der Waals surface area contributed by atoms with Crippen LogP contribution in [-0.4, -0.2) is 27.2 Å². The molecule has 2 rings (SSSR count). The topological polar surface area (TPSA) is 66.8 Å². The van der Waals surface area contributed by atoms with Gasteiger partial charge >= 0.3 is 0 Å². The van der Waals surface area contributed by atoms with Crippen LogP contribution in [0.15, 0.2) is 53.4 Å². The number of methoxy groups -OCH3 is 1. The minimum Gasteiger partial charge on any atom is -0.508 e. The summed E-state index contributed by atoms with van der Waals surface area (Å²) in [5, 5.41) is 9.32. The van der Waals surface area contributed by atoms with E-state index in [-0.39, 0.29) is 10.6 Å². The van der Waals surface area contributed by atoms with E-state index in [4.69, 9.17) is 4.74 Å². The molecule has 0 atom stereocenters. The highest BCUT2D eigenvalue weighted by Gasteiger charge is 2.24. The Balaban J connectivity index is 2.42. The normalized spacial score (nSPS) is 11.2. The van der Waals surface area contributed by atoms with Crippen molar-refractivity contribution in [1.29, 1.82) is 0 Å². The molecular formula is C16H19NO4S. The molecule has 0 aliphatic rings. The van der Waals surface area contributed by atoms with Crippen molar-refractivity contribution >= 4 is 15.7 Å². The van der Waals surface area contributed by atoms with Crippen LogP contribution in [0.5, 0.6) is 11.5 Å². The van der Waals surface area contributed by atoms with Crippen LogP contribution in [-0.2, 0) is 10.0 Å². The Labute approximate surface area is 130 Å². The number of nitrogens with zero attached hydrogens (tertiary/aromatic N) is 1. The Bertz CT molecular complexity index is 709. The third kappa shape index (κ3) is 3.33. The molecule has 118 valence electrons. The van der Waals surface area contributed by atoms with Crippen molar-refractivity contribution in [1.82, 2.24) is 0 Å². The zero-order chi connectivity index (χ0) is 16.2.